The standard InChI is InChI=1S/C20H32N2O3.HI/c1-23-18-15-16-7-11-22(14-13-21-9-5-4-6-10-21)12-8-17(16)19(24-2)20(18)25-3;/h15H,4-14H2,1-3H3;1H. The van der Waals surface area contributed by atoms with Gasteiger partial charge in [-0.25, -0.2) is 0 Å². The van der Waals surface area contributed by atoms with Gasteiger partial charge in [-0.3, -0.25) is 0 Å². The van der Waals surface area contributed by atoms with Crippen molar-refractivity contribution < 1.29 is 14.2 Å². The van der Waals surface area contributed by atoms with E-state index in [0.717, 1.165) is 44.0 Å². The third-order valence-corrected chi connectivity index (χ3v) is 5.58. The molecule has 5 nitrogen and oxygen atoms in total. The predicted molar refractivity (Wildman–Crippen MR) is 116 cm³/mol. The van der Waals surface area contributed by atoms with Gasteiger partial charge in [0.05, 0.1) is 21.3 Å². The molecule has 2 aliphatic heterocycles. The highest BCUT2D eigenvalue weighted by molar-refractivity contribution is 14.0. The fourth-order valence-corrected chi connectivity index (χ4v) is 4.11. The van der Waals surface area contributed by atoms with Crippen molar-refractivity contribution in [3.05, 3.63) is 17.2 Å². The van der Waals surface area contributed by atoms with Gasteiger partial charge in [-0.2, -0.15) is 0 Å². The van der Waals surface area contributed by atoms with Gasteiger partial charge in [-0.05, 0) is 50.4 Å². The molecule has 1 aromatic rings. The fraction of sp³-hybridized carbons (Fsp3) is 0.700. The van der Waals surface area contributed by atoms with Crippen molar-refractivity contribution in [2.24, 2.45) is 0 Å². The minimum Gasteiger partial charge on any atom is -0.493 e. The summed E-state index contributed by atoms with van der Waals surface area (Å²) in [4.78, 5) is 5.21. The molecule has 0 unspecified atom stereocenters. The SMILES string of the molecule is COc1cc2c(c(OC)c1OC)CCN(CCN1CCCCC1)CC2.I. The van der Waals surface area contributed by atoms with Crippen molar-refractivity contribution in [3.8, 4) is 17.2 Å². The maximum absolute atomic E-state index is 5.69. The van der Waals surface area contributed by atoms with Gasteiger partial charge in [-0.15, -0.1) is 24.0 Å². The second-order valence-electron chi connectivity index (χ2n) is 7.03. The summed E-state index contributed by atoms with van der Waals surface area (Å²) < 4.78 is 16.8. The molecule has 2 heterocycles. The van der Waals surface area contributed by atoms with Crippen LogP contribution in [-0.4, -0.2) is 70.4 Å². The average Bonchev–Trinajstić information content (AvgIpc) is 2.87. The lowest BCUT2D eigenvalue weighted by molar-refractivity contribution is 0.184. The van der Waals surface area contributed by atoms with Gasteiger partial charge in [0.15, 0.2) is 11.5 Å². The van der Waals surface area contributed by atoms with Crippen molar-refractivity contribution in [2.45, 2.75) is 32.1 Å². The van der Waals surface area contributed by atoms with Gasteiger partial charge in [0.2, 0.25) is 5.75 Å². The van der Waals surface area contributed by atoms with Crippen LogP contribution in [0.15, 0.2) is 6.07 Å². The Kier molecular flexibility index (Phi) is 8.76. The van der Waals surface area contributed by atoms with Crippen LogP contribution in [0.4, 0.5) is 0 Å². The van der Waals surface area contributed by atoms with Crippen LogP contribution in [0.1, 0.15) is 30.4 Å². The molecule has 1 saturated heterocycles. The Bertz CT molecular complexity index is 577. The van der Waals surface area contributed by atoms with Crippen LogP contribution in [0.25, 0.3) is 0 Å². The van der Waals surface area contributed by atoms with Crippen molar-refractivity contribution >= 4 is 24.0 Å². The number of hydrogen-bond acceptors (Lipinski definition) is 5. The van der Waals surface area contributed by atoms with Gasteiger partial charge in [0.1, 0.15) is 0 Å². The highest BCUT2D eigenvalue weighted by Gasteiger charge is 2.24. The zero-order valence-electron chi connectivity index (χ0n) is 16.4. The Labute approximate surface area is 175 Å². The first-order valence-electron chi connectivity index (χ1n) is 9.52. The summed E-state index contributed by atoms with van der Waals surface area (Å²) in [5.74, 6) is 2.32. The Balaban J connectivity index is 0.00000243. The van der Waals surface area contributed by atoms with Crippen LogP contribution in [0.2, 0.25) is 0 Å². The van der Waals surface area contributed by atoms with E-state index in [1.807, 2.05) is 0 Å². The summed E-state index contributed by atoms with van der Waals surface area (Å²) in [6.07, 6.45) is 6.16. The van der Waals surface area contributed by atoms with E-state index in [9.17, 15) is 0 Å². The first-order chi connectivity index (χ1) is 12.3. The van der Waals surface area contributed by atoms with E-state index in [-0.39, 0.29) is 24.0 Å². The summed E-state index contributed by atoms with van der Waals surface area (Å²) in [5.41, 5.74) is 2.61. The van der Waals surface area contributed by atoms with E-state index in [1.165, 1.54) is 50.0 Å². The van der Waals surface area contributed by atoms with Crippen LogP contribution < -0.4 is 14.2 Å². The minimum absolute atomic E-state index is 0. The second kappa shape index (κ2) is 10.6. The lowest BCUT2D eigenvalue weighted by Crippen LogP contribution is -2.38. The lowest BCUT2D eigenvalue weighted by Gasteiger charge is -2.29. The van der Waals surface area contributed by atoms with Gasteiger partial charge in [0, 0.05) is 31.7 Å². The number of rotatable bonds is 6. The number of fused-ring (bicyclic) bond motifs is 1. The van der Waals surface area contributed by atoms with E-state index in [2.05, 4.69) is 15.9 Å². The quantitative estimate of drug-likeness (QED) is 0.590. The van der Waals surface area contributed by atoms with Crippen LogP contribution in [-0.2, 0) is 12.8 Å². The minimum atomic E-state index is 0. The summed E-state index contributed by atoms with van der Waals surface area (Å²) in [5, 5.41) is 0. The normalized spacial score (nSPS) is 18.4. The monoisotopic (exact) mass is 476 g/mol. The molecule has 0 amide bonds. The molecule has 0 bridgehead atoms. The fourth-order valence-electron chi connectivity index (χ4n) is 4.11. The molecule has 0 spiro atoms. The summed E-state index contributed by atoms with van der Waals surface area (Å²) in [6.45, 7) is 7.07. The molecule has 3 rings (SSSR count). The van der Waals surface area contributed by atoms with Crippen LogP contribution in [0.3, 0.4) is 0 Å². The van der Waals surface area contributed by atoms with E-state index >= 15 is 0 Å². The number of nitrogens with zero attached hydrogens (tertiary/aromatic N) is 2. The zero-order valence-corrected chi connectivity index (χ0v) is 18.7. The number of halogens is 1. The molecule has 6 heteroatoms. The molecular weight excluding hydrogens is 443 g/mol. The maximum atomic E-state index is 5.69. The topological polar surface area (TPSA) is 34.2 Å². The highest BCUT2D eigenvalue weighted by atomic mass is 127. The first kappa shape index (κ1) is 21.6. The van der Waals surface area contributed by atoms with Crippen molar-refractivity contribution in [3.63, 3.8) is 0 Å². The van der Waals surface area contributed by atoms with Crippen LogP contribution in [0.5, 0.6) is 17.2 Å². The van der Waals surface area contributed by atoms with E-state index in [0.29, 0.717) is 5.75 Å². The largest absolute Gasteiger partial charge is 0.493 e. The maximum Gasteiger partial charge on any atom is 0.203 e. The Morgan fingerprint density at radius 2 is 1.38 bits per heavy atom. The van der Waals surface area contributed by atoms with Gasteiger partial charge >= 0.3 is 0 Å². The van der Waals surface area contributed by atoms with Crippen LogP contribution >= 0.6 is 24.0 Å². The van der Waals surface area contributed by atoms with E-state index < -0.39 is 0 Å². The Hall–Kier alpha value is -0.730. The number of methoxy groups -OCH3 is 3. The molecule has 0 N–H and O–H groups in total. The number of hydrogen-bond donors (Lipinski definition) is 0. The molecule has 2 aliphatic rings. The van der Waals surface area contributed by atoms with Crippen molar-refractivity contribution in [1.82, 2.24) is 9.80 Å². The molecule has 1 aromatic carbocycles. The Morgan fingerprint density at radius 3 is 2.00 bits per heavy atom. The molecule has 0 saturated carbocycles. The molecular formula is C20H33IN2O3. The molecule has 148 valence electrons. The number of likely N-dealkylation sites (tertiary alicyclic amines) is 1. The molecule has 26 heavy (non-hydrogen) atoms. The molecule has 0 radical (unpaired) electrons. The summed E-state index contributed by atoms with van der Waals surface area (Å²) >= 11 is 0. The molecule has 0 aliphatic carbocycles. The number of piperidine rings is 1. The van der Waals surface area contributed by atoms with Gasteiger partial charge in [-0.1, -0.05) is 6.42 Å². The van der Waals surface area contributed by atoms with E-state index in [4.69, 9.17) is 14.2 Å². The molecule has 1 fully saturated rings. The third-order valence-electron chi connectivity index (χ3n) is 5.58. The summed E-state index contributed by atoms with van der Waals surface area (Å²) in [7, 11) is 5.08. The highest BCUT2D eigenvalue weighted by Crippen LogP contribution is 2.43. The second-order valence-corrected chi connectivity index (χ2v) is 7.03. The number of benzene rings is 1. The molecule has 0 aromatic heterocycles. The van der Waals surface area contributed by atoms with Gasteiger partial charge in [0.25, 0.3) is 0 Å². The number of ether oxygens (including phenoxy) is 3. The third kappa shape index (κ3) is 4.95. The lowest BCUT2D eigenvalue weighted by atomic mass is 10.0. The van der Waals surface area contributed by atoms with Crippen LogP contribution in [0, 0.1) is 0 Å². The van der Waals surface area contributed by atoms with Gasteiger partial charge < -0.3 is 24.0 Å². The predicted octanol–water partition coefficient (Wildman–Crippen LogP) is 3.22. The van der Waals surface area contributed by atoms with Crippen molar-refractivity contribution in [1.29, 1.82) is 0 Å². The smallest absolute Gasteiger partial charge is 0.203 e. The first-order valence-corrected chi connectivity index (χ1v) is 9.52. The average molecular weight is 476 g/mol. The summed E-state index contributed by atoms with van der Waals surface area (Å²) in [6, 6.07) is 2.13. The Morgan fingerprint density at radius 1 is 0.769 bits per heavy atom. The van der Waals surface area contributed by atoms with Crippen molar-refractivity contribution in [2.75, 3.05) is 60.6 Å². The molecule has 0 atom stereocenters. The zero-order chi connectivity index (χ0) is 17.6. The van der Waals surface area contributed by atoms with E-state index in [1.54, 1.807) is 21.3 Å².